The summed E-state index contributed by atoms with van der Waals surface area (Å²) in [7, 11) is 2.23. The molecule has 2 aliphatic rings. The maximum absolute atomic E-state index is 4.63. The molecule has 0 N–H and O–H groups in total. The van der Waals surface area contributed by atoms with E-state index in [0.29, 0.717) is 0 Å². The minimum Gasteiger partial charge on any atom is -0.328 e. The number of hydrogen-bond donors (Lipinski definition) is 0. The molecule has 0 aromatic carbocycles. The van der Waals surface area contributed by atoms with Crippen molar-refractivity contribution in [1.29, 1.82) is 0 Å². The Kier molecular flexibility index (Phi) is 4.37. The molecule has 2 aliphatic heterocycles. The number of likely N-dealkylation sites (tertiary alicyclic amines) is 2. The Bertz CT molecular complexity index is 666. The van der Waals surface area contributed by atoms with Gasteiger partial charge in [0.1, 0.15) is 5.82 Å². The molecule has 0 unspecified atom stereocenters. The first-order valence-corrected chi connectivity index (χ1v) is 9.06. The van der Waals surface area contributed by atoms with Crippen molar-refractivity contribution in [3.05, 3.63) is 36.4 Å². The van der Waals surface area contributed by atoms with Crippen LogP contribution in [0.1, 0.15) is 18.5 Å². The fraction of sp³-hybridized carbons (Fsp3) is 0.579. The van der Waals surface area contributed by atoms with Crippen molar-refractivity contribution in [2.75, 3.05) is 33.2 Å². The van der Waals surface area contributed by atoms with Crippen molar-refractivity contribution < 1.29 is 0 Å². The van der Waals surface area contributed by atoms with Gasteiger partial charge in [0.15, 0.2) is 0 Å². The van der Waals surface area contributed by atoms with Crippen molar-refractivity contribution in [1.82, 2.24) is 24.3 Å². The maximum Gasteiger partial charge on any atom is 0.140 e. The Balaban J connectivity index is 1.38. The van der Waals surface area contributed by atoms with Gasteiger partial charge in [0.05, 0.1) is 0 Å². The van der Waals surface area contributed by atoms with Crippen molar-refractivity contribution in [2.24, 2.45) is 5.92 Å². The Morgan fingerprint density at radius 2 is 1.83 bits per heavy atom. The molecule has 0 amide bonds. The Morgan fingerprint density at radius 3 is 2.54 bits per heavy atom. The molecule has 0 atom stereocenters. The van der Waals surface area contributed by atoms with Gasteiger partial charge in [-0.3, -0.25) is 9.88 Å². The number of nitrogens with zero attached hydrogens (tertiary/aromatic N) is 5. The Labute approximate surface area is 144 Å². The SMILES string of the molecule is Cc1cnc(-c2ccncc2)n1CC1CN(C2CCN(C)CC2)C1. The normalized spacial score (nSPS) is 21.1. The number of rotatable bonds is 4. The third-order valence-electron chi connectivity index (χ3n) is 5.62. The molecule has 0 radical (unpaired) electrons. The highest BCUT2D eigenvalue weighted by atomic mass is 15.2. The first kappa shape index (κ1) is 15.8. The second-order valence-corrected chi connectivity index (χ2v) is 7.42. The zero-order valence-electron chi connectivity index (χ0n) is 14.7. The van der Waals surface area contributed by atoms with E-state index >= 15 is 0 Å². The molecule has 0 spiro atoms. The average Bonchev–Trinajstić information content (AvgIpc) is 2.93. The summed E-state index contributed by atoms with van der Waals surface area (Å²) >= 11 is 0. The minimum atomic E-state index is 0.748. The van der Waals surface area contributed by atoms with Gasteiger partial charge < -0.3 is 9.47 Å². The molecule has 0 bridgehead atoms. The fourth-order valence-corrected chi connectivity index (χ4v) is 4.06. The molecule has 2 saturated heterocycles. The van der Waals surface area contributed by atoms with E-state index in [1.807, 2.05) is 30.7 Å². The van der Waals surface area contributed by atoms with Crippen molar-refractivity contribution in [3.63, 3.8) is 0 Å². The van der Waals surface area contributed by atoms with Gasteiger partial charge in [-0.15, -0.1) is 0 Å². The van der Waals surface area contributed by atoms with Crippen LogP contribution in [0.15, 0.2) is 30.7 Å². The number of imidazole rings is 1. The molecule has 4 rings (SSSR count). The lowest BCUT2D eigenvalue weighted by molar-refractivity contribution is 0.0165. The quantitative estimate of drug-likeness (QED) is 0.864. The second kappa shape index (κ2) is 6.65. The predicted octanol–water partition coefficient (Wildman–Crippen LogP) is 2.28. The smallest absolute Gasteiger partial charge is 0.140 e. The van der Waals surface area contributed by atoms with Crippen LogP contribution in [0.25, 0.3) is 11.4 Å². The van der Waals surface area contributed by atoms with Crippen LogP contribution in [-0.4, -0.2) is 63.6 Å². The second-order valence-electron chi connectivity index (χ2n) is 7.42. The summed E-state index contributed by atoms with van der Waals surface area (Å²) in [5.74, 6) is 1.82. The monoisotopic (exact) mass is 325 g/mol. The number of aryl methyl sites for hydroxylation is 1. The Morgan fingerprint density at radius 1 is 1.12 bits per heavy atom. The molecule has 2 aromatic heterocycles. The topological polar surface area (TPSA) is 37.2 Å². The number of hydrogen-bond acceptors (Lipinski definition) is 4. The highest BCUT2D eigenvalue weighted by molar-refractivity contribution is 5.55. The van der Waals surface area contributed by atoms with Crippen LogP contribution in [0.2, 0.25) is 0 Å². The van der Waals surface area contributed by atoms with Crippen LogP contribution in [0.3, 0.4) is 0 Å². The molecule has 5 nitrogen and oxygen atoms in total. The molecule has 0 saturated carbocycles. The first-order valence-electron chi connectivity index (χ1n) is 9.06. The summed E-state index contributed by atoms with van der Waals surface area (Å²) in [5.41, 5.74) is 2.41. The van der Waals surface area contributed by atoms with Gasteiger partial charge in [0.25, 0.3) is 0 Å². The van der Waals surface area contributed by atoms with Crippen LogP contribution in [0.5, 0.6) is 0 Å². The van der Waals surface area contributed by atoms with Crippen molar-refractivity contribution in [2.45, 2.75) is 32.4 Å². The summed E-state index contributed by atoms with van der Waals surface area (Å²) in [6.45, 7) is 8.21. The van der Waals surface area contributed by atoms with Gasteiger partial charge in [0, 0.05) is 61.4 Å². The standard InChI is InChI=1S/C19H27N5/c1-15-11-21-19(17-3-7-20-8-4-17)24(15)14-16-12-23(13-16)18-5-9-22(2)10-6-18/h3-4,7-8,11,16,18H,5-6,9-10,12-14H2,1-2H3. The lowest BCUT2D eigenvalue weighted by Gasteiger charge is -2.47. The first-order chi connectivity index (χ1) is 11.7. The molecule has 2 fully saturated rings. The van der Waals surface area contributed by atoms with Crippen LogP contribution in [0.4, 0.5) is 0 Å². The van der Waals surface area contributed by atoms with Gasteiger partial charge in [-0.05, 0) is 52.0 Å². The molecular weight excluding hydrogens is 298 g/mol. The molecule has 0 aliphatic carbocycles. The molecule has 4 heterocycles. The van der Waals surface area contributed by atoms with Crippen molar-refractivity contribution in [3.8, 4) is 11.4 Å². The zero-order chi connectivity index (χ0) is 16.5. The molecule has 128 valence electrons. The van der Waals surface area contributed by atoms with E-state index in [1.54, 1.807) is 0 Å². The van der Waals surface area contributed by atoms with E-state index in [1.165, 1.54) is 44.7 Å². The number of pyridine rings is 1. The van der Waals surface area contributed by atoms with Crippen LogP contribution in [0, 0.1) is 12.8 Å². The number of piperidine rings is 1. The fourth-order valence-electron chi connectivity index (χ4n) is 4.06. The minimum absolute atomic E-state index is 0.748. The largest absolute Gasteiger partial charge is 0.328 e. The molecule has 5 heteroatoms. The molecule has 24 heavy (non-hydrogen) atoms. The summed E-state index contributed by atoms with van der Waals surface area (Å²) in [5, 5.41) is 0. The average molecular weight is 325 g/mol. The summed E-state index contributed by atoms with van der Waals surface area (Å²) < 4.78 is 2.38. The van der Waals surface area contributed by atoms with E-state index in [-0.39, 0.29) is 0 Å². The van der Waals surface area contributed by atoms with Crippen LogP contribution < -0.4 is 0 Å². The van der Waals surface area contributed by atoms with Crippen molar-refractivity contribution >= 4 is 0 Å². The molecule has 2 aromatic rings. The highest BCUT2D eigenvalue weighted by Gasteiger charge is 2.34. The van der Waals surface area contributed by atoms with E-state index in [0.717, 1.165) is 29.9 Å². The van der Waals surface area contributed by atoms with Gasteiger partial charge >= 0.3 is 0 Å². The van der Waals surface area contributed by atoms with Crippen LogP contribution >= 0.6 is 0 Å². The summed E-state index contributed by atoms with van der Waals surface area (Å²) in [6, 6.07) is 4.90. The highest BCUT2D eigenvalue weighted by Crippen LogP contribution is 2.28. The molecular formula is C19H27N5. The van der Waals surface area contributed by atoms with E-state index in [2.05, 4.69) is 38.3 Å². The van der Waals surface area contributed by atoms with Gasteiger partial charge in [0.2, 0.25) is 0 Å². The van der Waals surface area contributed by atoms with Gasteiger partial charge in [-0.25, -0.2) is 4.98 Å². The number of aromatic nitrogens is 3. The zero-order valence-corrected chi connectivity index (χ0v) is 14.7. The lowest BCUT2D eigenvalue weighted by atomic mass is 9.93. The summed E-state index contributed by atoms with van der Waals surface area (Å²) in [6.07, 6.45) is 8.33. The van der Waals surface area contributed by atoms with Crippen LogP contribution in [-0.2, 0) is 6.54 Å². The van der Waals surface area contributed by atoms with E-state index in [4.69, 9.17) is 0 Å². The summed E-state index contributed by atoms with van der Waals surface area (Å²) in [4.78, 5) is 13.9. The van der Waals surface area contributed by atoms with E-state index in [9.17, 15) is 0 Å². The van der Waals surface area contributed by atoms with Gasteiger partial charge in [-0.2, -0.15) is 0 Å². The maximum atomic E-state index is 4.63. The van der Waals surface area contributed by atoms with E-state index < -0.39 is 0 Å². The van der Waals surface area contributed by atoms with Gasteiger partial charge in [-0.1, -0.05) is 0 Å². The lowest BCUT2D eigenvalue weighted by Crippen LogP contribution is -2.55. The predicted molar refractivity (Wildman–Crippen MR) is 95.8 cm³/mol. The Hall–Kier alpha value is -1.72. The third-order valence-corrected chi connectivity index (χ3v) is 5.62. The third kappa shape index (κ3) is 3.10.